The minimum absolute atomic E-state index is 0.00251. The zero-order valence-electron chi connectivity index (χ0n) is 12.9. The van der Waals surface area contributed by atoms with Gasteiger partial charge in [0, 0.05) is 12.7 Å². The summed E-state index contributed by atoms with van der Waals surface area (Å²) < 4.78 is 5.98. The first-order chi connectivity index (χ1) is 11.1. The van der Waals surface area contributed by atoms with Crippen LogP contribution in [0.2, 0.25) is 0 Å². The van der Waals surface area contributed by atoms with Crippen LogP contribution in [-0.2, 0) is 11.3 Å². The average Bonchev–Trinajstić information content (AvgIpc) is 2.56. The summed E-state index contributed by atoms with van der Waals surface area (Å²) in [6.07, 6.45) is 0. The smallest absolute Gasteiger partial charge is 0.281 e. The third-order valence-corrected chi connectivity index (χ3v) is 3.31. The minimum Gasteiger partial charge on any atom is -0.493 e. The van der Waals surface area contributed by atoms with Crippen molar-refractivity contribution in [2.45, 2.75) is 13.5 Å². The van der Waals surface area contributed by atoms with Gasteiger partial charge in [0.1, 0.15) is 11.6 Å². The van der Waals surface area contributed by atoms with E-state index in [4.69, 9.17) is 4.74 Å². The van der Waals surface area contributed by atoms with Crippen LogP contribution in [-0.4, -0.2) is 23.4 Å². The van der Waals surface area contributed by atoms with E-state index in [2.05, 4.69) is 10.2 Å². The van der Waals surface area contributed by atoms with Gasteiger partial charge >= 0.3 is 0 Å². The van der Waals surface area contributed by atoms with Crippen LogP contribution in [0.5, 0.6) is 5.88 Å². The molecule has 0 fully saturated rings. The Bertz CT molecular complexity index is 820. The number of nitrogens with zero attached hydrogens (tertiary/aromatic N) is 4. The van der Waals surface area contributed by atoms with Crippen molar-refractivity contribution in [3.05, 3.63) is 51.8 Å². The van der Waals surface area contributed by atoms with Crippen molar-refractivity contribution >= 4 is 11.4 Å². The number of ether oxygens (including phenoxy) is 1. The maximum absolute atomic E-state index is 12.5. The van der Waals surface area contributed by atoms with Gasteiger partial charge in [0.05, 0.1) is 18.8 Å². The molecule has 0 aliphatic carbocycles. The minimum atomic E-state index is -0.518. The quantitative estimate of drug-likeness (QED) is 0.858. The summed E-state index contributed by atoms with van der Waals surface area (Å²) >= 11 is 0. The van der Waals surface area contributed by atoms with Crippen LogP contribution in [0.15, 0.2) is 45.4 Å². The molecular formula is C16H16N4O3. The number of hydrogen-bond acceptors (Lipinski definition) is 6. The van der Waals surface area contributed by atoms with Crippen LogP contribution in [0.1, 0.15) is 11.1 Å². The van der Waals surface area contributed by atoms with E-state index in [1.54, 1.807) is 31.2 Å². The fourth-order valence-electron chi connectivity index (χ4n) is 2.05. The van der Waals surface area contributed by atoms with Crippen LogP contribution in [0.3, 0.4) is 0 Å². The van der Waals surface area contributed by atoms with Gasteiger partial charge in [-0.05, 0) is 19.1 Å². The lowest BCUT2D eigenvalue weighted by molar-refractivity contribution is 0.182. The molecule has 0 radical (unpaired) electrons. The molecular weight excluding hydrogens is 296 g/mol. The van der Waals surface area contributed by atoms with Gasteiger partial charge in [-0.3, -0.25) is 9.36 Å². The monoisotopic (exact) mass is 312 g/mol. The first-order valence-corrected chi connectivity index (χ1v) is 6.92. The number of rotatable bonds is 5. The van der Waals surface area contributed by atoms with Crippen LogP contribution in [0.25, 0.3) is 0 Å². The molecule has 0 aliphatic rings. The lowest BCUT2D eigenvalue weighted by Gasteiger charge is -2.12. The van der Waals surface area contributed by atoms with E-state index in [0.717, 1.165) is 4.57 Å². The Morgan fingerprint density at radius 1 is 1.30 bits per heavy atom. The highest BCUT2D eigenvalue weighted by atomic mass is 16.5. The Hall–Kier alpha value is -2.98. The van der Waals surface area contributed by atoms with Gasteiger partial charge in [-0.15, -0.1) is 5.11 Å². The molecule has 1 N–H and O–H groups in total. The number of aromatic nitrogens is 1. The molecule has 7 heteroatoms. The van der Waals surface area contributed by atoms with Crippen LogP contribution < -0.4 is 5.56 Å². The van der Waals surface area contributed by atoms with Gasteiger partial charge in [-0.1, -0.05) is 18.2 Å². The number of azo groups is 1. The maximum atomic E-state index is 12.5. The SMILES string of the molecule is COCCn1c(O)c(C#N)c(C)c(N=Nc2ccccc2)c1=O. The van der Waals surface area contributed by atoms with Crippen LogP contribution in [0, 0.1) is 18.3 Å². The van der Waals surface area contributed by atoms with Crippen molar-refractivity contribution in [1.82, 2.24) is 4.57 Å². The van der Waals surface area contributed by atoms with Crippen molar-refractivity contribution in [3.63, 3.8) is 0 Å². The molecule has 1 aromatic heterocycles. The highest BCUT2D eigenvalue weighted by molar-refractivity contribution is 5.56. The van der Waals surface area contributed by atoms with Gasteiger partial charge in [-0.25, -0.2) is 0 Å². The first-order valence-electron chi connectivity index (χ1n) is 6.92. The van der Waals surface area contributed by atoms with Crippen molar-refractivity contribution in [3.8, 4) is 11.9 Å². The van der Waals surface area contributed by atoms with Gasteiger partial charge in [0.2, 0.25) is 5.88 Å². The highest BCUT2D eigenvalue weighted by Crippen LogP contribution is 2.26. The number of hydrogen-bond donors (Lipinski definition) is 1. The second-order valence-electron chi connectivity index (χ2n) is 4.77. The summed E-state index contributed by atoms with van der Waals surface area (Å²) in [7, 11) is 1.48. The Labute approximate surface area is 133 Å². The average molecular weight is 312 g/mol. The molecule has 0 unspecified atom stereocenters. The Balaban J connectivity index is 2.57. The number of nitriles is 1. The van der Waals surface area contributed by atoms with Crippen LogP contribution in [0.4, 0.5) is 11.4 Å². The molecule has 0 saturated heterocycles. The zero-order chi connectivity index (χ0) is 16.8. The third kappa shape index (κ3) is 3.44. The highest BCUT2D eigenvalue weighted by Gasteiger charge is 2.18. The second-order valence-corrected chi connectivity index (χ2v) is 4.77. The molecule has 0 spiro atoms. The first kappa shape index (κ1) is 16.4. The fourth-order valence-corrected chi connectivity index (χ4v) is 2.05. The largest absolute Gasteiger partial charge is 0.493 e. The van der Waals surface area contributed by atoms with Crippen molar-refractivity contribution in [2.75, 3.05) is 13.7 Å². The van der Waals surface area contributed by atoms with E-state index in [1.165, 1.54) is 7.11 Å². The summed E-state index contributed by atoms with van der Waals surface area (Å²) in [6, 6.07) is 10.8. The molecule has 2 rings (SSSR count). The summed E-state index contributed by atoms with van der Waals surface area (Å²) in [5.74, 6) is -0.384. The van der Waals surface area contributed by atoms with E-state index < -0.39 is 5.56 Å². The normalized spacial score (nSPS) is 10.8. The molecule has 2 aromatic rings. The van der Waals surface area contributed by atoms with E-state index in [9.17, 15) is 15.2 Å². The van der Waals surface area contributed by atoms with E-state index >= 15 is 0 Å². The van der Waals surface area contributed by atoms with Gasteiger partial charge in [0.15, 0.2) is 5.69 Å². The Morgan fingerprint density at radius 2 is 2.00 bits per heavy atom. The lowest BCUT2D eigenvalue weighted by Crippen LogP contribution is -2.23. The van der Waals surface area contributed by atoms with Crippen LogP contribution >= 0.6 is 0 Å². The zero-order valence-corrected chi connectivity index (χ0v) is 12.9. The van der Waals surface area contributed by atoms with E-state index in [-0.39, 0.29) is 30.3 Å². The van der Waals surface area contributed by atoms with Crippen molar-refractivity contribution in [1.29, 1.82) is 5.26 Å². The lowest BCUT2D eigenvalue weighted by atomic mass is 10.1. The number of benzene rings is 1. The molecule has 1 heterocycles. The van der Waals surface area contributed by atoms with E-state index in [1.807, 2.05) is 12.1 Å². The predicted molar refractivity (Wildman–Crippen MR) is 84.3 cm³/mol. The topological polar surface area (TPSA) is 100.0 Å². The molecule has 0 saturated carbocycles. The van der Waals surface area contributed by atoms with Gasteiger partial charge in [0.25, 0.3) is 5.56 Å². The molecule has 7 nitrogen and oxygen atoms in total. The summed E-state index contributed by atoms with van der Waals surface area (Å²) in [5, 5.41) is 27.3. The molecule has 1 aromatic carbocycles. The number of methoxy groups -OCH3 is 1. The van der Waals surface area contributed by atoms with Gasteiger partial charge < -0.3 is 9.84 Å². The fraction of sp³-hybridized carbons (Fsp3) is 0.250. The Morgan fingerprint density at radius 3 is 2.61 bits per heavy atom. The number of aromatic hydroxyl groups is 1. The second kappa shape index (κ2) is 7.33. The standard InChI is InChI=1S/C16H16N4O3/c1-11-13(10-17)15(21)20(8-9-23-2)16(22)14(11)19-18-12-6-4-3-5-7-12/h3-7,21H,8-9H2,1-2H3. The van der Waals surface area contributed by atoms with Crippen molar-refractivity contribution < 1.29 is 9.84 Å². The predicted octanol–water partition coefficient (Wildman–Crippen LogP) is 2.80. The van der Waals surface area contributed by atoms with E-state index in [0.29, 0.717) is 11.3 Å². The molecule has 0 aliphatic heterocycles. The molecule has 0 bridgehead atoms. The summed E-state index contributed by atoms with van der Waals surface area (Å²) in [4.78, 5) is 12.5. The van der Waals surface area contributed by atoms with Gasteiger partial charge in [-0.2, -0.15) is 10.4 Å². The maximum Gasteiger partial charge on any atom is 0.281 e. The third-order valence-electron chi connectivity index (χ3n) is 3.31. The Kier molecular flexibility index (Phi) is 5.23. The molecule has 23 heavy (non-hydrogen) atoms. The molecule has 0 atom stereocenters. The number of pyridine rings is 1. The summed E-state index contributed by atoms with van der Waals surface area (Å²) in [5.41, 5.74) is 0.391. The summed E-state index contributed by atoms with van der Waals surface area (Å²) in [6.45, 7) is 1.89. The molecule has 118 valence electrons. The molecule has 0 amide bonds. The van der Waals surface area contributed by atoms with Crippen molar-refractivity contribution in [2.24, 2.45) is 10.2 Å².